The van der Waals surface area contributed by atoms with Crippen molar-refractivity contribution < 1.29 is 19.7 Å². The second-order valence-corrected chi connectivity index (χ2v) is 9.56. The molecule has 2 aromatic carbocycles. The number of nitrogens with zero attached hydrogens (tertiary/aromatic N) is 5. The largest absolute Gasteiger partial charge is 0.619 e. The van der Waals surface area contributed by atoms with E-state index in [0.717, 1.165) is 11.8 Å². The van der Waals surface area contributed by atoms with Crippen LogP contribution in [0.3, 0.4) is 0 Å². The molecule has 0 bridgehead atoms. The molecule has 5 rings (SSSR count). The van der Waals surface area contributed by atoms with Gasteiger partial charge in [-0.2, -0.15) is 9.46 Å². The summed E-state index contributed by atoms with van der Waals surface area (Å²) in [6.45, 7) is 0.00788. The molecule has 3 aromatic heterocycles. The standard InChI is InChI=1S/C29H26ClN7O4/c30-25-16-37(41)18-27(34-25)35-28(29(39)20-6-2-1-3-7-20)22-9-5-4-8-21(22)24(38)14-32-26-17-36(40)15-23(33-26)19-10-12-31-13-11-19/h1-13,15-18,24,28-29,38-39H,14H2,(H,32,33)(H,34,35). The Labute approximate surface area is 240 Å². The Morgan fingerprint density at radius 3 is 2.17 bits per heavy atom. The number of aliphatic hydroxyl groups excluding tert-OH is 2. The molecule has 0 aliphatic carbocycles. The molecule has 0 radical (unpaired) electrons. The van der Waals surface area contributed by atoms with Gasteiger partial charge in [0.15, 0.2) is 16.8 Å². The molecule has 0 spiro atoms. The van der Waals surface area contributed by atoms with E-state index in [1.807, 2.05) is 6.07 Å². The van der Waals surface area contributed by atoms with E-state index < -0.39 is 18.2 Å². The summed E-state index contributed by atoms with van der Waals surface area (Å²) in [5.41, 5.74) is 2.85. The number of hydrogen-bond donors (Lipinski definition) is 4. The topological polar surface area (TPSA) is 157 Å². The number of pyridine rings is 1. The number of rotatable bonds is 10. The van der Waals surface area contributed by atoms with Crippen molar-refractivity contribution in [2.75, 3.05) is 17.2 Å². The highest BCUT2D eigenvalue weighted by Gasteiger charge is 2.28. The van der Waals surface area contributed by atoms with Crippen LogP contribution in [0.4, 0.5) is 11.6 Å². The van der Waals surface area contributed by atoms with E-state index in [2.05, 4.69) is 25.6 Å². The Bertz CT molecular complexity index is 1590. The fourth-order valence-corrected chi connectivity index (χ4v) is 4.64. The van der Waals surface area contributed by atoms with Crippen molar-refractivity contribution in [3.05, 3.63) is 136 Å². The van der Waals surface area contributed by atoms with Crippen LogP contribution < -0.4 is 20.1 Å². The van der Waals surface area contributed by atoms with Gasteiger partial charge in [-0.1, -0.05) is 66.2 Å². The molecule has 12 heteroatoms. The Balaban J connectivity index is 1.44. The lowest BCUT2D eigenvalue weighted by molar-refractivity contribution is -0.605. The number of hydrogen-bond acceptors (Lipinski definition) is 9. The third-order valence-electron chi connectivity index (χ3n) is 6.35. The van der Waals surface area contributed by atoms with E-state index >= 15 is 0 Å². The molecule has 0 saturated carbocycles. The molecule has 0 aliphatic heterocycles. The van der Waals surface area contributed by atoms with E-state index in [-0.39, 0.29) is 23.3 Å². The highest BCUT2D eigenvalue weighted by Crippen LogP contribution is 2.35. The van der Waals surface area contributed by atoms with Crippen LogP contribution in [0.2, 0.25) is 5.15 Å². The summed E-state index contributed by atoms with van der Waals surface area (Å²) in [4.78, 5) is 12.6. The van der Waals surface area contributed by atoms with Crippen molar-refractivity contribution in [1.29, 1.82) is 0 Å². The average Bonchev–Trinajstić information content (AvgIpc) is 2.98. The highest BCUT2D eigenvalue weighted by atomic mass is 35.5. The number of halogens is 1. The van der Waals surface area contributed by atoms with Gasteiger partial charge in [0, 0.05) is 24.5 Å². The quantitative estimate of drug-likeness (QED) is 0.145. The van der Waals surface area contributed by atoms with Crippen LogP contribution in [0.1, 0.15) is 34.9 Å². The van der Waals surface area contributed by atoms with Crippen molar-refractivity contribution in [3.8, 4) is 11.3 Å². The summed E-state index contributed by atoms with van der Waals surface area (Å²) in [5.74, 6) is 0.417. The van der Waals surface area contributed by atoms with Crippen LogP contribution in [0.25, 0.3) is 11.3 Å². The van der Waals surface area contributed by atoms with Crippen LogP contribution in [-0.4, -0.2) is 31.7 Å². The van der Waals surface area contributed by atoms with Gasteiger partial charge in [-0.15, -0.1) is 0 Å². The maximum absolute atomic E-state index is 12.3. The van der Waals surface area contributed by atoms with E-state index in [0.29, 0.717) is 31.8 Å². The molecular weight excluding hydrogens is 546 g/mol. The van der Waals surface area contributed by atoms with Gasteiger partial charge in [-0.3, -0.25) is 4.98 Å². The maximum atomic E-state index is 12.3. The smallest absolute Gasteiger partial charge is 0.222 e. The molecule has 41 heavy (non-hydrogen) atoms. The van der Waals surface area contributed by atoms with Crippen LogP contribution in [0.5, 0.6) is 0 Å². The van der Waals surface area contributed by atoms with Crippen molar-refractivity contribution in [3.63, 3.8) is 0 Å². The van der Waals surface area contributed by atoms with Crippen molar-refractivity contribution >= 4 is 23.2 Å². The minimum Gasteiger partial charge on any atom is -0.619 e. The molecule has 0 amide bonds. The highest BCUT2D eigenvalue weighted by molar-refractivity contribution is 6.29. The molecule has 3 heterocycles. The average molecular weight is 572 g/mol. The zero-order valence-electron chi connectivity index (χ0n) is 21.6. The summed E-state index contributed by atoms with van der Waals surface area (Å²) < 4.78 is 1.16. The molecule has 3 atom stereocenters. The number of aromatic nitrogens is 5. The fourth-order valence-electron chi connectivity index (χ4n) is 4.46. The first kappa shape index (κ1) is 27.7. The molecule has 11 nitrogen and oxygen atoms in total. The molecule has 5 aromatic rings. The lowest BCUT2D eigenvalue weighted by atomic mass is 9.90. The summed E-state index contributed by atoms with van der Waals surface area (Å²) in [5, 5.41) is 53.1. The van der Waals surface area contributed by atoms with E-state index in [4.69, 9.17) is 11.6 Å². The minimum atomic E-state index is -1.09. The van der Waals surface area contributed by atoms with Gasteiger partial charge in [0.25, 0.3) is 0 Å². The fraction of sp³-hybridized carbons (Fsp3) is 0.138. The van der Waals surface area contributed by atoms with Crippen LogP contribution in [-0.2, 0) is 0 Å². The molecule has 0 saturated heterocycles. The number of aliphatic hydroxyl groups is 2. The van der Waals surface area contributed by atoms with Crippen LogP contribution in [0, 0.1) is 10.4 Å². The predicted molar refractivity (Wildman–Crippen MR) is 152 cm³/mol. The minimum absolute atomic E-state index is 0.00788. The van der Waals surface area contributed by atoms with Gasteiger partial charge in [-0.05, 0) is 28.8 Å². The normalized spacial score (nSPS) is 13.2. The van der Waals surface area contributed by atoms with Gasteiger partial charge in [-0.25, -0.2) is 9.97 Å². The monoisotopic (exact) mass is 571 g/mol. The molecule has 208 valence electrons. The third kappa shape index (κ3) is 6.84. The molecule has 0 fully saturated rings. The predicted octanol–water partition coefficient (Wildman–Crippen LogP) is 3.49. The zero-order valence-corrected chi connectivity index (χ0v) is 22.3. The van der Waals surface area contributed by atoms with Gasteiger partial charge >= 0.3 is 0 Å². The van der Waals surface area contributed by atoms with E-state index in [1.165, 1.54) is 18.6 Å². The molecular formula is C29H26ClN7O4. The van der Waals surface area contributed by atoms with Gasteiger partial charge in [0.2, 0.25) is 24.8 Å². The van der Waals surface area contributed by atoms with Crippen molar-refractivity contribution in [2.24, 2.45) is 0 Å². The Morgan fingerprint density at radius 2 is 1.44 bits per heavy atom. The summed E-state index contributed by atoms with van der Waals surface area (Å²) >= 11 is 6.00. The lowest BCUT2D eigenvalue weighted by Crippen LogP contribution is -2.29. The summed E-state index contributed by atoms with van der Waals surface area (Å²) in [7, 11) is 0. The molecule has 0 aliphatic rings. The first-order valence-corrected chi connectivity index (χ1v) is 13.0. The van der Waals surface area contributed by atoms with Gasteiger partial charge in [0.1, 0.15) is 11.8 Å². The first-order chi connectivity index (χ1) is 19.9. The third-order valence-corrected chi connectivity index (χ3v) is 6.54. The summed E-state index contributed by atoms with van der Waals surface area (Å²) in [6, 6.07) is 18.7. The maximum Gasteiger partial charge on any atom is 0.222 e. The lowest BCUT2D eigenvalue weighted by Gasteiger charge is -2.28. The van der Waals surface area contributed by atoms with Crippen molar-refractivity contribution in [1.82, 2.24) is 15.0 Å². The number of benzene rings is 2. The Morgan fingerprint density at radius 1 is 0.780 bits per heavy atom. The Hall–Kier alpha value is -4.84. The van der Waals surface area contributed by atoms with Gasteiger partial charge < -0.3 is 31.3 Å². The Kier molecular flexibility index (Phi) is 8.49. The summed E-state index contributed by atoms with van der Waals surface area (Å²) in [6.07, 6.45) is 6.00. The van der Waals surface area contributed by atoms with Crippen LogP contribution in [0.15, 0.2) is 104 Å². The SMILES string of the molecule is [O-][n+]1cc(Cl)nc(NC(c2ccccc2C(O)CNc2c[n+]([O-])cc(-c3ccncc3)n2)C(O)c2ccccc2)c1. The number of nitrogens with one attached hydrogen (secondary N) is 2. The van der Waals surface area contributed by atoms with E-state index in [1.54, 1.807) is 73.1 Å². The van der Waals surface area contributed by atoms with E-state index in [9.17, 15) is 20.6 Å². The zero-order chi connectivity index (χ0) is 28.8. The van der Waals surface area contributed by atoms with Gasteiger partial charge in [0.05, 0.1) is 12.1 Å². The second-order valence-electron chi connectivity index (χ2n) is 9.18. The van der Waals surface area contributed by atoms with Crippen LogP contribution >= 0.6 is 11.6 Å². The second kappa shape index (κ2) is 12.6. The molecule has 3 unspecified atom stereocenters. The molecule has 4 N–H and O–H groups in total. The first-order valence-electron chi connectivity index (χ1n) is 12.7. The van der Waals surface area contributed by atoms with Crippen molar-refractivity contribution in [2.45, 2.75) is 18.2 Å². The number of anilines is 2.